The molecule has 3 rings (SSSR count). The van der Waals surface area contributed by atoms with Crippen LogP contribution < -0.4 is 10.6 Å². The summed E-state index contributed by atoms with van der Waals surface area (Å²) in [5.74, 6) is 0.410. The third-order valence-electron chi connectivity index (χ3n) is 4.23. The number of hydrogen-bond acceptors (Lipinski definition) is 5. The normalized spacial score (nSPS) is 22.5. The third-order valence-corrected chi connectivity index (χ3v) is 5.83. The van der Waals surface area contributed by atoms with E-state index in [-0.39, 0.29) is 11.9 Å². The van der Waals surface area contributed by atoms with Crippen LogP contribution in [-0.2, 0) is 16.4 Å². The van der Waals surface area contributed by atoms with Gasteiger partial charge in [0.15, 0.2) is 9.84 Å². The highest BCUT2D eigenvalue weighted by atomic mass is 32.2. The number of hydrogen-bond donors (Lipinski definition) is 2. The molecule has 0 bridgehead atoms. The molecule has 1 aromatic carbocycles. The second-order valence-electron chi connectivity index (χ2n) is 5.80. The van der Waals surface area contributed by atoms with Crippen molar-refractivity contribution in [3.8, 4) is 0 Å². The average Bonchev–Trinajstić information content (AvgIpc) is 3.02. The second kappa shape index (κ2) is 5.64. The minimum atomic E-state index is -3.10. The number of fused-ring (bicyclic) bond motifs is 1. The molecule has 2 heterocycles. The van der Waals surface area contributed by atoms with Crippen molar-refractivity contribution >= 4 is 20.8 Å². The van der Waals surface area contributed by atoms with E-state index in [0.717, 1.165) is 10.9 Å². The maximum Gasteiger partial charge on any atom is 0.153 e. The standard InChI is InChI=1S/C15H19FN2O3S/c1-9-11-5-10(16)3-4-13(11)21-14(9)7-18-12-6-17-8-15(12)22(2,19)20/h3-5,12,15,17-18H,6-8H2,1-2H3/t12-,15-/m1/s1. The number of rotatable bonds is 4. The second-order valence-corrected chi connectivity index (χ2v) is 8.07. The van der Waals surface area contributed by atoms with Gasteiger partial charge in [-0.05, 0) is 30.7 Å². The number of aryl methyl sites for hydroxylation is 1. The molecule has 5 nitrogen and oxygen atoms in total. The molecule has 0 saturated carbocycles. The number of halogens is 1. The fraction of sp³-hybridized carbons (Fsp3) is 0.467. The summed E-state index contributed by atoms with van der Waals surface area (Å²) in [5.41, 5.74) is 1.52. The maximum atomic E-state index is 13.3. The third kappa shape index (κ3) is 2.88. The van der Waals surface area contributed by atoms with E-state index < -0.39 is 15.1 Å². The van der Waals surface area contributed by atoms with Gasteiger partial charge < -0.3 is 15.1 Å². The number of nitrogens with one attached hydrogen (secondary N) is 2. The van der Waals surface area contributed by atoms with Gasteiger partial charge in [0.05, 0.1) is 11.8 Å². The Bertz CT molecular complexity index is 800. The Hall–Kier alpha value is -1.44. The minimum Gasteiger partial charge on any atom is -0.459 e. The average molecular weight is 326 g/mol. The molecule has 1 aromatic heterocycles. The van der Waals surface area contributed by atoms with E-state index in [4.69, 9.17) is 4.42 Å². The predicted octanol–water partition coefficient (Wildman–Crippen LogP) is 1.35. The summed E-state index contributed by atoms with van der Waals surface area (Å²) in [7, 11) is -3.10. The first-order valence-corrected chi connectivity index (χ1v) is 9.12. The molecule has 0 radical (unpaired) electrons. The van der Waals surface area contributed by atoms with Gasteiger partial charge in [0.25, 0.3) is 0 Å². The molecule has 2 atom stereocenters. The highest BCUT2D eigenvalue weighted by Crippen LogP contribution is 2.26. The van der Waals surface area contributed by atoms with E-state index in [9.17, 15) is 12.8 Å². The summed E-state index contributed by atoms with van der Waals surface area (Å²) < 4.78 is 42.6. The fourth-order valence-corrected chi connectivity index (χ4v) is 4.15. The Labute approximate surface area is 128 Å². The smallest absolute Gasteiger partial charge is 0.153 e. The fourth-order valence-electron chi connectivity index (χ4n) is 2.94. The molecule has 0 unspecified atom stereocenters. The van der Waals surface area contributed by atoms with E-state index in [0.29, 0.717) is 31.0 Å². The van der Waals surface area contributed by atoms with Gasteiger partial charge >= 0.3 is 0 Å². The van der Waals surface area contributed by atoms with Crippen LogP contribution in [0.1, 0.15) is 11.3 Å². The zero-order chi connectivity index (χ0) is 15.9. The molecular formula is C15H19FN2O3S. The van der Waals surface area contributed by atoms with Crippen molar-refractivity contribution in [1.29, 1.82) is 0 Å². The van der Waals surface area contributed by atoms with Crippen LogP contribution in [0.15, 0.2) is 22.6 Å². The van der Waals surface area contributed by atoms with Gasteiger partial charge in [0.2, 0.25) is 0 Å². The molecule has 120 valence electrons. The Kier molecular flexibility index (Phi) is 3.96. The Balaban J connectivity index is 1.78. The van der Waals surface area contributed by atoms with Crippen molar-refractivity contribution in [3.05, 3.63) is 35.3 Å². The lowest BCUT2D eigenvalue weighted by atomic mass is 10.1. The number of benzene rings is 1. The zero-order valence-corrected chi connectivity index (χ0v) is 13.3. The molecule has 22 heavy (non-hydrogen) atoms. The van der Waals surface area contributed by atoms with Crippen LogP contribution >= 0.6 is 0 Å². The Morgan fingerprint density at radius 1 is 1.41 bits per heavy atom. The van der Waals surface area contributed by atoms with Crippen LogP contribution in [0, 0.1) is 12.7 Å². The Morgan fingerprint density at radius 3 is 2.91 bits per heavy atom. The molecular weight excluding hydrogens is 307 g/mol. The van der Waals surface area contributed by atoms with E-state index in [1.54, 1.807) is 6.07 Å². The van der Waals surface area contributed by atoms with Crippen LogP contribution in [0.2, 0.25) is 0 Å². The van der Waals surface area contributed by atoms with Gasteiger partial charge in [0.1, 0.15) is 17.2 Å². The lowest BCUT2D eigenvalue weighted by Crippen LogP contribution is -2.42. The van der Waals surface area contributed by atoms with E-state index in [1.165, 1.54) is 18.4 Å². The van der Waals surface area contributed by atoms with E-state index in [2.05, 4.69) is 10.6 Å². The first-order chi connectivity index (χ1) is 10.4. The van der Waals surface area contributed by atoms with E-state index >= 15 is 0 Å². The number of furan rings is 1. The Morgan fingerprint density at radius 2 is 2.18 bits per heavy atom. The van der Waals surface area contributed by atoms with Crippen molar-refractivity contribution in [2.24, 2.45) is 0 Å². The SMILES string of the molecule is Cc1c(CN[C@@H]2CNC[C@H]2S(C)(=O)=O)oc2ccc(F)cc12. The van der Waals surface area contributed by atoms with Crippen LogP contribution in [0.25, 0.3) is 11.0 Å². The summed E-state index contributed by atoms with van der Waals surface area (Å²) in [6.45, 7) is 3.36. The molecule has 0 spiro atoms. The van der Waals surface area contributed by atoms with E-state index in [1.807, 2.05) is 6.92 Å². The van der Waals surface area contributed by atoms with Crippen molar-refractivity contribution in [2.45, 2.75) is 24.8 Å². The summed E-state index contributed by atoms with van der Waals surface area (Å²) in [6.07, 6.45) is 1.26. The van der Waals surface area contributed by atoms with Crippen molar-refractivity contribution in [3.63, 3.8) is 0 Å². The van der Waals surface area contributed by atoms with Gasteiger partial charge in [-0.3, -0.25) is 0 Å². The minimum absolute atomic E-state index is 0.153. The van der Waals surface area contributed by atoms with Crippen molar-refractivity contribution < 1.29 is 17.2 Å². The largest absolute Gasteiger partial charge is 0.459 e. The zero-order valence-electron chi connectivity index (χ0n) is 12.5. The quantitative estimate of drug-likeness (QED) is 0.887. The first kappa shape index (κ1) is 15.5. The summed E-state index contributed by atoms with van der Waals surface area (Å²) >= 11 is 0. The van der Waals surface area contributed by atoms with Gasteiger partial charge in [-0.1, -0.05) is 0 Å². The first-order valence-electron chi connectivity index (χ1n) is 7.17. The van der Waals surface area contributed by atoms with Crippen LogP contribution in [-0.4, -0.2) is 39.1 Å². The topological polar surface area (TPSA) is 71.3 Å². The monoisotopic (exact) mass is 326 g/mol. The molecule has 0 amide bonds. The highest BCUT2D eigenvalue weighted by Gasteiger charge is 2.34. The van der Waals surface area contributed by atoms with Gasteiger partial charge in [-0.25, -0.2) is 12.8 Å². The van der Waals surface area contributed by atoms with Crippen molar-refractivity contribution in [2.75, 3.05) is 19.3 Å². The molecule has 0 aliphatic carbocycles. The molecule has 2 aromatic rings. The molecule has 1 fully saturated rings. The van der Waals surface area contributed by atoms with Gasteiger partial charge in [0, 0.05) is 30.8 Å². The number of sulfone groups is 1. The van der Waals surface area contributed by atoms with Gasteiger partial charge in [-0.15, -0.1) is 0 Å². The van der Waals surface area contributed by atoms with Gasteiger partial charge in [-0.2, -0.15) is 0 Å². The predicted molar refractivity (Wildman–Crippen MR) is 83.0 cm³/mol. The lowest BCUT2D eigenvalue weighted by molar-refractivity contribution is 0.467. The van der Waals surface area contributed by atoms with Crippen LogP contribution in [0.4, 0.5) is 4.39 Å². The van der Waals surface area contributed by atoms with Crippen LogP contribution in [0.3, 0.4) is 0 Å². The summed E-state index contributed by atoms with van der Waals surface area (Å²) in [6, 6.07) is 4.27. The molecule has 2 N–H and O–H groups in total. The molecule has 1 aliphatic heterocycles. The highest BCUT2D eigenvalue weighted by molar-refractivity contribution is 7.91. The maximum absolute atomic E-state index is 13.3. The molecule has 7 heteroatoms. The molecule has 1 aliphatic rings. The van der Waals surface area contributed by atoms with Crippen molar-refractivity contribution in [1.82, 2.24) is 10.6 Å². The lowest BCUT2D eigenvalue weighted by Gasteiger charge is -2.17. The van der Waals surface area contributed by atoms with Crippen LogP contribution in [0.5, 0.6) is 0 Å². The summed E-state index contributed by atoms with van der Waals surface area (Å²) in [4.78, 5) is 0. The molecule has 1 saturated heterocycles. The summed E-state index contributed by atoms with van der Waals surface area (Å²) in [5, 5.41) is 6.65.